The maximum absolute atomic E-state index is 13.8. The number of rotatable bonds is 4. The van der Waals surface area contributed by atoms with Gasteiger partial charge in [-0.25, -0.2) is 0 Å². The number of para-hydroxylation sites is 1. The van der Waals surface area contributed by atoms with Gasteiger partial charge in [-0.05, 0) is 111 Å². The van der Waals surface area contributed by atoms with Crippen molar-refractivity contribution in [2.45, 2.75) is 77.2 Å². The lowest BCUT2D eigenvalue weighted by Gasteiger charge is -2.61. The van der Waals surface area contributed by atoms with Crippen molar-refractivity contribution >= 4 is 17.6 Å². The van der Waals surface area contributed by atoms with E-state index in [0.29, 0.717) is 18.4 Å². The zero-order chi connectivity index (χ0) is 23.7. The van der Waals surface area contributed by atoms with Crippen molar-refractivity contribution in [3.63, 3.8) is 0 Å². The Bertz CT molecular complexity index is 1150. The second kappa shape index (κ2) is 7.69. The Balaban J connectivity index is 1.23. The van der Waals surface area contributed by atoms with Crippen LogP contribution in [0.2, 0.25) is 0 Å². The molecule has 34 heavy (non-hydrogen) atoms. The Hall–Kier alpha value is -2.62. The molecule has 4 bridgehead atoms. The average Bonchev–Trinajstić information content (AvgIpc) is 3.23. The minimum absolute atomic E-state index is 0.0721. The van der Waals surface area contributed by atoms with Crippen molar-refractivity contribution in [1.82, 2.24) is 0 Å². The lowest BCUT2D eigenvalue weighted by atomic mass is 9.43. The van der Waals surface area contributed by atoms with Gasteiger partial charge in [0.1, 0.15) is 0 Å². The molecule has 4 nitrogen and oxygen atoms in total. The van der Waals surface area contributed by atoms with Crippen molar-refractivity contribution in [1.29, 1.82) is 0 Å². The summed E-state index contributed by atoms with van der Waals surface area (Å²) in [6.07, 6.45) is 6.39. The Morgan fingerprint density at radius 2 is 1.74 bits per heavy atom. The minimum Gasteiger partial charge on any atom is -0.452 e. The topological polar surface area (TPSA) is 46.6 Å². The quantitative estimate of drug-likeness (QED) is 0.557. The van der Waals surface area contributed by atoms with Crippen LogP contribution in [0.15, 0.2) is 42.5 Å². The highest BCUT2D eigenvalue weighted by Gasteiger charge is 2.62. The summed E-state index contributed by atoms with van der Waals surface area (Å²) in [5, 5.41) is 0. The number of fused-ring (bicyclic) bond motifs is 1. The molecule has 4 fully saturated rings. The van der Waals surface area contributed by atoms with Gasteiger partial charge in [0.2, 0.25) is 0 Å². The number of nitrogens with zero attached hydrogens (tertiary/aromatic N) is 1. The summed E-state index contributed by atoms with van der Waals surface area (Å²) in [5.74, 6) is 0.911. The van der Waals surface area contributed by atoms with Crippen LogP contribution in [0.5, 0.6) is 0 Å². The van der Waals surface area contributed by atoms with Gasteiger partial charge in [-0.1, -0.05) is 36.4 Å². The molecule has 1 aliphatic heterocycles. The van der Waals surface area contributed by atoms with Crippen LogP contribution in [-0.2, 0) is 26.2 Å². The molecule has 1 heterocycles. The second-order valence-electron chi connectivity index (χ2n) is 11.7. The number of esters is 1. The van der Waals surface area contributed by atoms with Crippen LogP contribution >= 0.6 is 0 Å². The van der Waals surface area contributed by atoms with Crippen LogP contribution in [0.3, 0.4) is 0 Å². The Labute approximate surface area is 202 Å². The number of hydrogen-bond acceptors (Lipinski definition) is 3. The molecule has 2 aromatic carbocycles. The first kappa shape index (κ1) is 21.9. The van der Waals surface area contributed by atoms with Crippen LogP contribution in [0.1, 0.15) is 67.7 Å². The molecule has 0 N–H and O–H groups in total. The summed E-state index contributed by atoms with van der Waals surface area (Å²) in [7, 11) is 0. The maximum Gasteiger partial charge on any atom is 0.312 e. The molecule has 5 aliphatic rings. The fourth-order valence-electron chi connectivity index (χ4n) is 8.03. The number of ether oxygens (including phenoxy) is 1. The van der Waals surface area contributed by atoms with Crippen molar-refractivity contribution in [2.75, 3.05) is 11.4 Å². The molecule has 4 saturated carbocycles. The highest BCUT2D eigenvalue weighted by atomic mass is 16.5. The maximum atomic E-state index is 13.8. The molecule has 0 radical (unpaired) electrons. The van der Waals surface area contributed by atoms with Gasteiger partial charge in [-0.15, -0.1) is 0 Å². The fourth-order valence-corrected chi connectivity index (χ4v) is 8.03. The van der Waals surface area contributed by atoms with E-state index in [1.165, 1.54) is 41.5 Å². The highest BCUT2D eigenvalue weighted by molar-refractivity contribution is 5.99. The summed E-state index contributed by atoms with van der Waals surface area (Å²) in [6.45, 7) is 6.76. The van der Waals surface area contributed by atoms with Gasteiger partial charge in [-0.2, -0.15) is 0 Å². The standard InChI is InChI=1S/C30H35NO3/c1-19-8-9-25(12-20(19)2)29-14-22-13-23(15-29)17-30(16-22,18-29)28(33)34-21(3)27(32)31-11-10-24-6-4-5-7-26(24)31/h4-9,12,21-23H,10-11,13-18H2,1-3H3/t21-,22+,23+,29?,30?/m0/s1. The van der Waals surface area contributed by atoms with Crippen molar-refractivity contribution in [3.8, 4) is 0 Å². The predicted octanol–water partition coefficient (Wildman–Crippen LogP) is 5.66. The first-order chi connectivity index (χ1) is 16.3. The smallest absolute Gasteiger partial charge is 0.312 e. The minimum atomic E-state index is -0.760. The third-order valence-electron chi connectivity index (χ3n) is 9.40. The third kappa shape index (κ3) is 3.32. The van der Waals surface area contributed by atoms with E-state index in [9.17, 15) is 9.59 Å². The number of aryl methyl sites for hydroxylation is 2. The van der Waals surface area contributed by atoms with Crippen LogP contribution in [0, 0.1) is 31.1 Å². The van der Waals surface area contributed by atoms with Gasteiger partial charge in [0.25, 0.3) is 5.91 Å². The Kier molecular flexibility index (Phi) is 4.95. The van der Waals surface area contributed by atoms with Gasteiger partial charge in [0.15, 0.2) is 6.10 Å². The van der Waals surface area contributed by atoms with Gasteiger partial charge < -0.3 is 9.64 Å². The van der Waals surface area contributed by atoms with Gasteiger partial charge >= 0.3 is 5.97 Å². The van der Waals surface area contributed by atoms with Crippen molar-refractivity contribution in [2.24, 2.45) is 17.3 Å². The SMILES string of the molecule is Cc1ccc(C23C[C@H]4C[C@@H](CC(C(=O)O[C@@H](C)C(=O)N5CCc6ccccc65)(C4)C2)C3)cc1C. The normalized spacial score (nSPS) is 31.9. The van der Waals surface area contributed by atoms with E-state index in [2.05, 4.69) is 38.1 Å². The molecular weight excluding hydrogens is 422 g/mol. The van der Waals surface area contributed by atoms with Crippen molar-refractivity contribution in [3.05, 3.63) is 64.7 Å². The molecule has 0 aromatic heterocycles. The largest absolute Gasteiger partial charge is 0.452 e. The molecule has 3 atom stereocenters. The number of amides is 1. The van der Waals surface area contributed by atoms with Gasteiger partial charge in [0, 0.05) is 12.2 Å². The van der Waals surface area contributed by atoms with Crippen LogP contribution in [0.4, 0.5) is 5.69 Å². The fraction of sp³-hybridized carbons (Fsp3) is 0.533. The zero-order valence-electron chi connectivity index (χ0n) is 20.6. The molecule has 178 valence electrons. The van der Waals surface area contributed by atoms with E-state index in [1.54, 1.807) is 11.8 Å². The highest BCUT2D eigenvalue weighted by Crippen LogP contribution is 2.66. The number of anilines is 1. The van der Waals surface area contributed by atoms with E-state index < -0.39 is 11.5 Å². The van der Waals surface area contributed by atoms with Gasteiger partial charge in [-0.3, -0.25) is 9.59 Å². The Morgan fingerprint density at radius 3 is 2.47 bits per heavy atom. The molecule has 4 heteroatoms. The lowest BCUT2D eigenvalue weighted by Crippen LogP contribution is -2.57. The summed E-state index contributed by atoms with van der Waals surface area (Å²) in [6, 6.07) is 14.9. The molecule has 7 rings (SSSR count). The summed E-state index contributed by atoms with van der Waals surface area (Å²) >= 11 is 0. The number of benzene rings is 2. The monoisotopic (exact) mass is 457 g/mol. The molecule has 1 amide bonds. The molecule has 0 saturated heterocycles. The molecule has 2 aromatic rings. The lowest BCUT2D eigenvalue weighted by molar-refractivity contribution is -0.180. The third-order valence-corrected chi connectivity index (χ3v) is 9.40. The van der Waals surface area contributed by atoms with Crippen LogP contribution in [-0.4, -0.2) is 24.5 Å². The predicted molar refractivity (Wildman–Crippen MR) is 133 cm³/mol. The number of carbonyl (C=O) groups is 2. The Morgan fingerprint density at radius 1 is 1.00 bits per heavy atom. The van der Waals surface area contributed by atoms with Crippen LogP contribution in [0.25, 0.3) is 0 Å². The van der Waals surface area contributed by atoms with Gasteiger partial charge in [0.05, 0.1) is 5.41 Å². The summed E-state index contributed by atoms with van der Waals surface area (Å²) < 4.78 is 6.02. The van der Waals surface area contributed by atoms with E-state index in [1.807, 2.05) is 18.2 Å². The van der Waals surface area contributed by atoms with E-state index in [0.717, 1.165) is 31.4 Å². The first-order valence-electron chi connectivity index (χ1n) is 13.0. The first-order valence-corrected chi connectivity index (χ1v) is 13.0. The summed E-state index contributed by atoms with van der Waals surface area (Å²) in [5.41, 5.74) is 5.82. The van der Waals surface area contributed by atoms with E-state index in [-0.39, 0.29) is 17.3 Å². The average molecular weight is 458 g/mol. The number of carbonyl (C=O) groups excluding carboxylic acids is 2. The van der Waals surface area contributed by atoms with E-state index in [4.69, 9.17) is 4.74 Å². The zero-order valence-corrected chi connectivity index (χ0v) is 20.6. The van der Waals surface area contributed by atoms with Crippen LogP contribution < -0.4 is 4.90 Å². The second-order valence-corrected chi connectivity index (χ2v) is 11.7. The molecule has 0 unspecified atom stereocenters. The number of hydrogen-bond donors (Lipinski definition) is 0. The molecular formula is C30H35NO3. The molecule has 0 spiro atoms. The molecule has 4 aliphatic carbocycles. The summed E-state index contributed by atoms with van der Waals surface area (Å²) in [4.78, 5) is 28.8. The van der Waals surface area contributed by atoms with Crippen molar-refractivity contribution < 1.29 is 14.3 Å². The van der Waals surface area contributed by atoms with E-state index >= 15 is 0 Å².